The van der Waals surface area contributed by atoms with E-state index >= 15 is 0 Å². The van der Waals surface area contributed by atoms with Gasteiger partial charge in [0.25, 0.3) is 0 Å². The van der Waals surface area contributed by atoms with Crippen LogP contribution in [0, 0.1) is 19.8 Å². The fraction of sp³-hybridized carbons (Fsp3) is 0.500. The Bertz CT molecular complexity index is 723. The first-order valence-electron chi connectivity index (χ1n) is 9.13. The zero-order valence-corrected chi connectivity index (χ0v) is 15.2. The van der Waals surface area contributed by atoms with Crippen molar-refractivity contribution in [1.82, 2.24) is 15.1 Å². The van der Waals surface area contributed by atoms with E-state index in [1.807, 2.05) is 29.8 Å². The van der Waals surface area contributed by atoms with Gasteiger partial charge in [-0.15, -0.1) is 0 Å². The predicted octanol–water partition coefficient (Wildman–Crippen LogP) is 2.68. The van der Waals surface area contributed by atoms with Gasteiger partial charge < -0.3 is 11.1 Å². The van der Waals surface area contributed by atoms with E-state index in [-0.39, 0.29) is 11.9 Å². The normalized spacial score (nSPS) is 20.0. The molecule has 1 saturated carbocycles. The number of nitrogens with zero attached hydrogens (tertiary/aromatic N) is 2. The van der Waals surface area contributed by atoms with E-state index in [1.54, 1.807) is 0 Å². The summed E-state index contributed by atoms with van der Waals surface area (Å²) in [5.74, 6) is 0.431. The summed E-state index contributed by atoms with van der Waals surface area (Å²) in [4.78, 5) is 12.2. The number of rotatable bonds is 6. The molecule has 5 nitrogen and oxygen atoms in total. The number of nitrogens with two attached hydrogens (primary N) is 1. The Morgan fingerprint density at radius 1 is 1.28 bits per heavy atom. The van der Waals surface area contributed by atoms with E-state index in [1.165, 1.54) is 5.56 Å². The second-order valence-corrected chi connectivity index (χ2v) is 7.13. The molecular weight excluding hydrogens is 312 g/mol. The van der Waals surface area contributed by atoms with E-state index in [4.69, 9.17) is 5.73 Å². The number of aromatic nitrogens is 2. The van der Waals surface area contributed by atoms with Gasteiger partial charge in [-0.1, -0.05) is 36.8 Å². The lowest BCUT2D eigenvalue weighted by molar-refractivity contribution is -0.122. The Hall–Kier alpha value is -2.14. The first-order chi connectivity index (χ1) is 12.0. The van der Waals surface area contributed by atoms with Gasteiger partial charge in [0.1, 0.15) is 0 Å². The highest BCUT2D eigenvalue weighted by atomic mass is 16.1. The SMILES string of the molecule is Cc1nn(Cc2ccccc2)c(C)c1CNC(=O)C[C@@H]1CCC[C@H]1N. The summed E-state index contributed by atoms with van der Waals surface area (Å²) in [5.41, 5.74) is 10.5. The van der Waals surface area contributed by atoms with Crippen LogP contribution in [0.2, 0.25) is 0 Å². The van der Waals surface area contributed by atoms with Crippen LogP contribution < -0.4 is 11.1 Å². The topological polar surface area (TPSA) is 72.9 Å². The number of hydrogen-bond acceptors (Lipinski definition) is 3. The summed E-state index contributed by atoms with van der Waals surface area (Å²) in [6.07, 6.45) is 3.80. The van der Waals surface area contributed by atoms with Crippen molar-refractivity contribution < 1.29 is 4.79 Å². The molecule has 0 radical (unpaired) electrons. The van der Waals surface area contributed by atoms with Crippen LogP contribution in [0.1, 0.15) is 48.2 Å². The van der Waals surface area contributed by atoms with E-state index in [0.29, 0.717) is 18.9 Å². The summed E-state index contributed by atoms with van der Waals surface area (Å²) in [5, 5.41) is 7.70. The molecule has 134 valence electrons. The van der Waals surface area contributed by atoms with Gasteiger partial charge >= 0.3 is 0 Å². The zero-order chi connectivity index (χ0) is 17.8. The Balaban J connectivity index is 1.60. The lowest BCUT2D eigenvalue weighted by atomic mass is 10.00. The summed E-state index contributed by atoms with van der Waals surface area (Å²) < 4.78 is 2.01. The maximum absolute atomic E-state index is 12.2. The van der Waals surface area contributed by atoms with Gasteiger partial charge in [-0.25, -0.2) is 0 Å². The molecular formula is C20H28N4O. The minimum atomic E-state index is 0.0944. The van der Waals surface area contributed by atoms with Crippen LogP contribution in [-0.4, -0.2) is 21.7 Å². The molecule has 0 unspecified atom stereocenters. The summed E-state index contributed by atoms with van der Waals surface area (Å²) in [6, 6.07) is 10.5. The number of carbonyl (C=O) groups is 1. The van der Waals surface area contributed by atoms with E-state index in [0.717, 1.165) is 42.8 Å². The van der Waals surface area contributed by atoms with Crippen molar-refractivity contribution in [2.24, 2.45) is 11.7 Å². The molecule has 1 amide bonds. The van der Waals surface area contributed by atoms with Crippen LogP contribution in [0.3, 0.4) is 0 Å². The lowest BCUT2D eigenvalue weighted by Crippen LogP contribution is -2.31. The third kappa shape index (κ3) is 4.28. The predicted molar refractivity (Wildman–Crippen MR) is 99.0 cm³/mol. The number of nitrogens with one attached hydrogen (secondary N) is 1. The van der Waals surface area contributed by atoms with Crippen molar-refractivity contribution in [2.75, 3.05) is 0 Å². The molecule has 1 aromatic carbocycles. The van der Waals surface area contributed by atoms with Crippen molar-refractivity contribution in [1.29, 1.82) is 0 Å². The number of carbonyl (C=O) groups excluding carboxylic acids is 1. The third-order valence-electron chi connectivity index (χ3n) is 5.33. The molecule has 0 spiro atoms. The minimum absolute atomic E-state index is 0.0944. The van der Waals surface area contributed by atoms with Crippen LogP contribution in [0.15, 0.2) is 30.3 Å². The van der Waals surface area contributed by atoms with Crippen molar-refractivity contribution in [3.05, 3.63) is 52.8 Å². The van der Waals surface area contributed by atoms with E-state index in [2.05, 4.69) is 29.5 Å². The van der Waals surface area contributed by atoms with Gasteiger partial charge in [0.05, 0.1) is 12.2 Å². The second kappa shape index (κ2) is 7.83. The molecule has 1 heterocycles. The Morgan fingerprint density at radius 2 is 2.04 bits per heavy atom. The number of benzene rings is 1. The summed E-state index contributed by atoms with van der Waals surface area (Å²) in [6.45, 7) is 5.35. The molecule has 1 fully saturated rings. The average molecular weight is 340 g/mol. The Morgan fingerprint density at radius 3 is 2.72 bits per heavy atom. The van der Waals surface area contributed by atoms with Crippen molar-refractivity contribution in [3.8, 4) is 0 Å². The molecule has 25 heavy (non-hydrogen) atoms. The monoisotopic (exact) mass is 340 g/mol. The molecule has 0 aliphatic heterocycles. The molecule has 3 rings (SSSR count). The van der Waals surface area contributed by atoms with E-state index < -0.39 is 0 Å². The summed E-state index contributed by atoms with van der Waals surface area (Å²) in [7, 11) is 0. The second-order valence-electron chi connectivity index (χ2n) is 7.13. The smallest absolute Gasteiger partial charge is 0.220 e. The molecule has 0 saturated heterocycles. The molecule has 5 heteroatoms. The first kappa shape index (κ1) is 17.7. The van der Waals surface area contributed by atoms with Crippen LogP contribution in [-0.2, 0) is 17.9 Å². The molecule has 0 bridgehead atoms. The van der Waals surface area contributed by atoms with Crippen molar-refractivity contribution >= 4 is 5.91 Å². The van der Waals surface area contributed by atoms with Crippen molar-refractivity contribution in [3.63, 3.8) is 0 Å². The van der Waals surface area contributed by atoms with Gasteiger partial charge in [-0.05, 0) is 38.2 Å². The fourth-order valence-electron chi connectivity index (χ4n) is 3.72. The number of aryl methyl sites for hydroxylation is 1. The van der Waals surface area contributed by atoms with Crippen LogP contribution in [0.25, 0.3) is 0 Å². The number of amides is 1. The van der Waals surface area contributed by atoms with Crippen LogP contribution >= 0.6 is 0 Å². The number of hydrogen-bond donors (Lipinski definition) is 2. The van der Waals surface area contributed by atoms with Crippen LogP contribution in [0.4, 0.5) is 0 Å². The highest BCUT2D eigenvalue weighted by molar-refractivity contribution is 5.76. The largest absolute Gasteiger partial charge is 0.352 e. The molecule has 1 aliphatic rings. The van der Waals surface area contributed by atoms with Crippen LogP contribution in [0.5, 0.6) is 0 Å². The van der Waals surface area contributed by atoms with Gasteiger partial charge in [0.2, 0.25) is 5.91 Å². The van der Waals surface area contributed by atoms with Gasteiger partial charge in [0.15, 0.2) is 0 Å². The maximum atomic E-state index is 12.2. The first-order valence-corrected chi connectivity index (χ1v) is 9.13. The molecule has 1 aromatic heterocycles. The molecule has 1 aliphatic carbocycles. The highest BCUT2D eigenvalue weighted by Gasteiger charge is 2.26. The quantitative estimate of drug-likeness (QED) is 0.849. The van der Waals surface area contributed by atoms with E-state index in [9.17, 15) is 4.79 Å². The minimum Gasteiger partial charge on any atom is -0.352 e. The fourth-order valence-corrected chi connectivity index (χ4v) is 3.72. The molecule has 2 aromatic rings. The standard InChI is InChI=1S/C20H28N4O/c1-14-18(12-22-20(25)11-17-9-6-10-19(17)21)15(2)24(23-14)13-16-7-4-3-5-8-16/h3-5,7-8,17,19H,6,9-13,21H2,1-2H3,(H,22,25)/t17-,19+/m0/s1. The van der Waals surface area contributed by atoms with Gasteiger partial charge in [0, 0.05) is 30.3 Å². The van der Waals surface area contributed by atoms with Gasteiger partial charge in [-0.2, -0.15) is 5.10 Å². The highest BCUT2D eigenvalue weighted by Crippen LogP contribution is 2.26. The summed E-state index contributed by atoms with van der Waals surface area (Å²) >= 11 is 0. The zero-order valence-electron chi connectivity index (χ0n) is 15.2. The Labute approximate surface area is 149 Å². The third-order valence-corrected chi connectivity index (χ3v) is 5.33. The lowest BCUT2D eigenvalue weighted by Gasteiger charge is -2.14. The maximum Gasteiger partial charge on any atom is 0.220 e. The van der Waals surface area contributed by atoms with Crippen molar-refractivity contribution in [2.45, 2.75) is 58.7 Å². The Kier molecular flexibility index (Phi) is 5.53. The average Bonchev–Trinajstić information content (AvgIpc) is 3.11. The molecule has 3 N–H and O–H groups in total. The van der Waals surface area contributed by atoms with Gasteiger partial charge in [-0.3, -0.25) is 9.48 Å². The molecule has 2 atom stereocenters.